The summed E-state index contributed by atoms with van der Waals surface area (Å²) in [6.45, 7) is 8.30. The Morgan fingerprint density at radius 1 is 0.979 bits per heavy atom. The van der Waals surface area contributed by atoms with E-state index in [1.54, 1.807) is 0 Å². The molecule has 1 saturated heterocycles. The number of benzene rings is 3. The monoisotopic (exact) mass is 666 g/mol. The van der Waals surface area contributed by atoms with Crippen molar-refractivity contribution in [2.75, 3.05) is 37.6 Å². The zero-order valence-electron chi connectivity index (χ0n) is 28.1. The number of piperazine rings is 1. The van der Waals surface area contributed by atoms with Gasteiger partial charge in [0.1, 0.15) is 5.82 Å². The average Bonchev–Trinajstić information content (AvgIpc) is 3.62. The van der Waals surface area contributed by atoms with E-state index >= 15 is 0 Å². The molecule has 2 bridgehead atoms. The number of halogens is 1. The van der Waals surface area contributed by atoms with E-state index in [0.717, 1.165) is 83.6 Å². The van der Waals surface area contributed by atoms with Crippen LogP contribution in [-0.2, 0) is 6.42 Å². The predicted octanol–water partition coefficient (Wildman–Crippen LogP) is 8.13. The first-order valence-corrected chi connectivity index (χ1v) is 18.4. The van der Waals surface area contributed by atoms with Crippen LogP contribution < -0.4 is 4.90 Å². The molecule has 7 heteroatoms. The van der Waals surface area contributed by atoms with Crippen LogP contribution in [0.15, 0.2) is 84.4 Å². The molecule has 2 heterocycles. The Morgan fingerprint density at radius 3 is 2.52 bits per heavy atom. The van der Waals surface area contributed by atoms with Gasteiger partial charge in [-0.2, -0.15) is 0 Å². The maximum Gasteiger partial charge on any atom is 0.203 e. The van der Waals surface area contributed by atoms with E-state index < -0.39 is 17.1 Å². The predicted molar refractivity (Wildman–Crippen MR) is 194 cm³/mol. The van der Waals surface area contributed by atoms with Crippen LogP contribution in [0.3, 0.4) is 0 Å². The molecule has 4 aliphatic rings. The first-order valence-electron chi connectivity index (χ1n) is 17.6. The van der Waals surface area contributed by atoms with Crippen molar-refractivity contribution in [2.24, 2.45) is 5.41 Å². The Hall–Kier alpha value is -3.36. The van der Waals surface area contributed by atoms with Crippen LogP contribution >= 0.6 is 11.3 Å². The lowest BCUT2D eigenvalue weighted by Crippen LogP contribution is -2.56. The average molecular weight is 667 g/mol. The highest BCUT2D eigenvalue weighted by atomic mass is 32.1. The van der Waals surface area contributed by atoms with E-state index in [4.69, 9.17) is 0 Å². The summed E-state index contributed by atoms with van der Waals surface area (Å²) in [5.41, 5.74) is 3.63. The van der Waals surface area contributed by atoms with Gasteiger partial charge in [-0.1, -0.05) is 48.9 Å². The summed E-state index contributed by atoms with van der Waals surface area (Å²) >= 11 is 1.54. The number of aliphatic hydroxyl groups excluding tert-OH is 1. The molecule has 4 aromatic rings. The first kappa shape index (κ1) is 33.2. The largest absolute Gasteiger partial charge is 0.393 e. The van der Waals surface area contributed by atoms with E-state index in [0.29, 0.717) is 31.4 Å². The summed E-state index contributed by atoms with van der Waals surface area (Å²) in [4.78, 5) is 19.9. The molecule has 48 heavy (non-hydrogen) atoms. The Labute approximate surface area is 287 Å². The second-order valence-electron chi connectivity index (χ2n) is 14.7. The van der Waals surface area contributed by atoms with Gasteiger partial charge in [-0.3, -0.25) is 9.69 Å². The van der Waals surface area contributed by atoms with Crippen LogP contribution in [0.2, 0.25) is 0 Å². The highest BCUT2D eigenvalue weighted by molar-refractivity contribution is 7.21. The first-order chi connectivity index (χ1) is 23.1. The molecule has 3 aliphatic carbocycles. The van der Waals surface area contributed by atoms with E-state index in [1.165, 1.54) is 29.0 Å². The summed E-state index contributed by atoms with van der Waals surface area (Å²) in [6, 6.07) is 23.1. The molecule has 8 rings (SSSR count). The van der Waals surface area contributed by atoms with Crippen LogP contribution in [0.4, 0.5) is 10.1 Å². The number of fused-ring (bicyclic) bond motifs is 9. The lowest BCUT2D eigenvalue weighted by Gasteiger charge is -2.47. The third-order valence-corrected chi connectivity index (χ3v) is 12.7. The van der Waals surface area contributed by atoms with Gasteiger partial charge in [0.25, 0.3) is 0 Å². The fraction of sp³-hybridized carbons (Fsp3) is 0.439. The maximum atomic E-state index is 14.5. The number of thiophene rings is 1. The molecule has 1 aromatic heterocycles. The van der Waals surface area contributed by atoms with Gasteiger partial charge in [0.15, 0.2) is 0 Å². The zero-order chi connectivity index (χ0) is 33.5. The molecule has 252 valence electrons. The minimum absolute atomic E-state index is 0.00644. The normalized spacial score (nSPS) is 27.1. The minimum atomic E-state index is -0.929. The summed E-state index contributed by atoms with van der Waals surface area (Å²) in [6.07, 6.45) is 6.97. The third kappa shape index (κ3) is 6.50. The van der Waals surface area contributed by atoms with Crippen LogP contribution in [0.5, 0.6) is 0 Å². The quantitative estimate of drug-likeness (QED) is 0.166. The Morgan fingerprint density at radius 2 is 1.75 bits per heavy atom. The molecule has 0 radical (unpaired) electrons. The van der Waals surface area contributed by atoms with Gasteiger partial charge in [0.05, 0.1) is 16.6 Å². The number of ketones is 1. The number of carbonyl (C=O) groups excluding carboxylic acids is 1. The summed E-state index contributed by atoms with van der Waals surface area (Å²) in [5, 5.41) is 24.8. The van der Waals surface area contributed by atoms with Crippen LogP contribution in [0.25, 0.3) is 10.1 Å². The van der Waals surface area contributed by atoms with Gasteiger partial charge in [-0.05, 0) is 117 Å². The smallest absolute Gasteiger partial charge is 0.203 e. The van der Waals surface area contributed by atoms with Gasteiger partial charge >= 0.3 is 0 Å². The number of rotatable bonds is 5. The molecule has 3 aromatic carbocycles. The second-order valence-corrected chi connectivity index (χ2v) is 15.7. The molecule has 1 saturated carbocycles. The second kappa shape index (κ2) is 13.5. The molecule has 0 unspecified atom stereocenters. The van der Waals surface area contributed by atoms with Crippen molar-refractivity contribution in [3.63, 3.8) is 0 Å². The van der Waals surface area contributed by atoms with Crippen molar-refractivity contribution in [3.8, 4) is 0 Å². The highest BCUT2D eigenvalue weighted by Gasteiger charge is 2.57. The molecule has 4 atom stereocenters. The Balaban J connectivity index is 1.22. The molecule has 5 nitrogen and oxygen atoms in total. The molecule has 0 spiro atoms. The molecule has 1 aliphatic heterocycles. The van der Waals surface area contributed by atoms with Gasteiger partial charge in [0, 0.05) is 54.1 Å². The van der Waals surface area contributed by atoms with Crippen molar-refractivity contribution in [2.45, 2.75) is 76.4 Å². The number of nitrogens with zero attached hydrogens (tertiary/aromatic N) is 2. The summed E-state index contributed by atoms with van der Waals surface area (Å²) in [7, 11) is 0. The molecule has 0 amide bonds. The van der Waals surface area contributed by atoms with Crippen molar-refractivity contribution in [1.82, 2.24) is 4.90 Å². The number of anilines is 1. The summed E-state index contributed by atoms with van der Waals surface area (Å²) < 4.78 is 14.6. The number of hydrogen-bond donors (Lipinski definition) is 2. The van der Waals surface area contributed by atoms with Gasteiger partial charge < -0.3 is 15.1 Å². The fourth-order valence-corrected chi connectivity index (χ4v) is 9.63. The van der Waals surface area contributed by atoms with Crippen LogP contribution in [-0.4, -0.2) is 65.3 Å². The fourth-order valence-electron chi connectivity index (χ4n) is 8.61. The number of carbonyl (C=O) groups is 1. The highest BCUT2D eigenvalue weighted by Crippen LogP contribution is 2.59. The van der Waals surface area contributed by atoms with Gasteiger partial charge in [0.2, 0.25) is 5.78 Å². The topological polar surface area (TPSA) is 64.0 Å². The standard InChI is InChI=1S/C41H47FN2O3S/c1-28-6-5-18-40(2)36(17-19-41(40,47)27-43-20-22-44(23-21-43)32-13-11-31(42)12-14-32)34-16-10-29(24-33(45)15-9-28)25-35(34)39(46)38-26-30-7-3-4-8-37(30)48-38/h3-4,6-8,10-14,16,25-26,33,36,45,47H,5,9,15,17-24,27H2,1-2H3/t33-,36-,40-,41+/m0/s1. The SMILES string of the molecule is CC1=CCC[C@@]2(C)[C@@H](CC[C@@]2(O)CN2CCN(c3ccc(F)cc3)CC2)c2ccc(cc2C(=O)c2cc3ccccc3s2)C[C@@H](O)CC1. The van der Waals surface area contributed by atoms with E-state index in [-0.39, 0.29) is 17.5 Å². The lowest BCUT2D eigenvalue weighted by atomic mass is 9.64. The third-order valence-electron chi connectivity index (χ3n) is 11.6. The van der Waals surface area contributed by atoms with Crippen molar-refractivity contribution < 1.29 is 19.4 Å². The summed E-state index contributed by atoms with van der Waals surface area (Å²) in [5.74, 6) is -0.190. The van der Waals surface area contributed by atoms with E-state index in [2.05, 4.69) is 54.0 Å². The number of allylic oxidation sites excluding steroid dienone is 2. The van der Waals surface area contributed by atoms with Crippen LogP contribution in [0.1, 0.15) is 84.7 Å². The number of hydrogen-bond acceptors (Lipinski definition) is 6. The Kier molecular flexibility index (Phi) is 9.33. The Bertz CT molecular complexity index is 1780. The van der Waals surface area contributed by atoms with E-state index in [1.807, 2.05) is 36.4 Å². The van der Waals surface area contributed by atoms with E-state index in [9.17, 15) is 19.4 Å². The number of aliphatic hydroxyl groups is 2. The maximum absolute atomic E-state index is 14.5. The minimum Gasteiger partial charge on any atom is -0.393 e. The zero-order valence-corrected chi connectivity index (χ0v) is 28.9. The molecule has 2 fully saturated rings. The van der Waals surface area contributed by atoms with Crippen molar-refractivity contribution >= 4 is 32.9 Å². The number of β-amino-alcohol motifs (C(OH)–C–C–N with tert-alkyl or cyclic N) is 1. The molecule has 2 N–H and O–H groups in total. The van der Waals surface area contributed by atoms with Gasteiger partial charge in [-0.25, -0.2) is 4.39 Å². The molecular formula is C41H47FN2O3S. The lowest BCUT2D eigenvalue weighted by molar-refractivity contribution is -0.0841. The van der Waals surface area contributed by atoms with Crippen molar-refractivity contribution in [3.05, 3.63) is 112 Å². The van der Waals surface area contributed by atoms with Crippen LogP contribution in [0, 0.1) is 11.2 Å². The van der Waals surface area contributed by atoms with Gasteiger partial charge in [-0.15, -0.1) is 11.3 Å². The van der Waals surface area contributed by atoms with Crippen molar-refractivity contribution in [1.29, 1.82) is 0 Å². The molecular weight excluding hydrogens is 620 g/mol.